The van der Waals surface area contributed by atoms with Crippen LogP contribution in [0.4, 0.5) is 0 Å². The first-order valence-electron chi connectivity index (χ1n) is 5.10. The zero-order valence-electron chi connectivity index (χ0n) is 9.74. The van der Waals surface area contributed by atoms with Crippen LogP contribution in [0.3, 0.4) is 0 Å². The van der Waals surface area contributed by atoms with E-state index >= 15 is 0 Å². The maximum Gasteiger partial charge on any atom is 0.261 e. The number of aliphatic hydroxyl groups is 1. The molecule has 0 aliphatic rings. The molecule has 16 heavy (non-hydrogen) atoms. The topological polar surface area (TPSA) is 58.6 Å². The van der Waals surface area contributed by atoms with Gasteiger partial charge in [-0.1, -0.05) is 6.92 Å². The van der Waals surface area contributed by atoms with Gasteiger partial charge in [-0.25, -0.2) is 0 Å². The van der Waals surface area contributed by atoms with Crippen molar-refractivity contribution in [2.75, 3.05) is 13.7 Å². The molecule has 0 aromatic carbocycles. The zero-order chi connectivity index (χ0) is 12.2. The molecule has 1 unspecified atom stereocenters. The summed E-state index contributed by atoms with van der Waals surface area (Å²) in [5, 5.41) is 13.8. The first-order chi connectivity index (χ1) is 7.54. The van der Waals surface area contributed by atoms with E-state index in [4.69, 9.17) is 4.74 Å². The van der Waals surface area contributed by atoms with Crippen molar-refractivity contribution in [2.45, 2.75) is 25.8 Å². The molecule has 1 amide bonds. The Hall–Kier alpha value is -1.07. The fraction of sp³-hybridized carbons (Fsp3) is 0.545. The van der Waals surface area contributed by atoms with E-state index in [1.165, 1.54) is 11.3 Å². The number of thiophene rings is 1. The van der Waals surface area contributed by atoms with E-state index in [-0.39, 0.29) is 12.5 Å². The largest absolute Gasteiger partial charge is 0.496 e. The summed E-state index contributed by atoms with van der Waals surface area (Å²) < 4.78 is 5.01. The molecular weight excluding hydrogens is 226 g/mol. The summed E-state index contributed by atoms with van der Waals surface area (Å²) in [4.78, 5) is 12.4. The second-order valence-corrected chi connectivity index (χ2v) is 4.79. The Morgan fingerprint density at radius 1 is 1.69 bits per heavy atom. The maximum absolute atomic E-state index is 11.8. The number of nitrogens with one attached hydrogen (secondary N) is 1. The molecule has 0 bridgehead atoms. The van der Waals surface area contributed by atoms with Crippen LogP contribution in [0.15, 0.2) is 11.4 Å². The highest BCUT2D eigenvalue weighted by atomic mass is 32.1. The van der Waals surface area contributed by atoms with Gasteiger partial charge in [0.15, 0.2) is 0 Å². The summed E-state index contributed by atoms with van der Waals surface area (Å²) in [6.45, 7) is 3.67. The van der Waals surface area contributed by atoms with E-state index in [9.17, 15) is 9.90 Å². The highest BCUT2D eigenvalue weighted by Crippen LogP contribution is 2.21. The molecular formula is C11H17NO3S. The van der Waals surface area contributed by atoms with Gasteiger partial charge in [-0.3, -0.25) is 4.79 Å². The van der Waals surface area contributed by atoms with Gasteiger partial charge in [0.2, 0.25) is 0 Å². The minimum absolute atomic E-state index is 0.0717. The molecule has 0 saturated heterocycles. The van der Waals surface area contributed by atoms with E-state index in [0.717, 1.165) is 0 Å². The fourth-order valence-electron chi connectivity index (χ4n) is 1.12. The third kappa shape index (κ3) is 2.96. The predicted octanol–water partition coefficient (Wildman–Crippen LogP) is 1.65. The lowest BCUT2D eigenvalue weighted by atomic mass is 10.0. The molecule has 1 atom stereocenters. The Bertz CT molecular complexity index is 358. The molecule has 1 heterocycles. The molecule has 1 aromatic rings. The van der Waals surface area contributed by atoms with Crippen LogP contribution in [0, 0.1) is 0 Å². The van der Waals surface area contributed by atoms with Crippen LogP contribution in [0.1, 0.15) is 29.9 Å². The lowest BCUT2D eigenvalue weighted by molar-refractivity contribution is 0.0851. The van der Waals surface area contributed by atoms with Gasteiger partial charge in [0.1, 0.15) is 5.75 Å². The molecule has 2 N–H and O–H groups in total. The Balaban J connectivity index is 2.71. The summed E-state index contributed by atoms with van der Waals surface area (Å²) in [6, 6.07) is 1.69. The number of methoxy groups -OCH3 is 1. The SMILES string of the molecule is CCC(C)(CO)NC(=O)c1cc(OC)cs1. The standard InChI is InChI=1S/C11H17NO3S/c1-4-11(2,7-13)12-10(14)9-5-8(15-3)6-16-9/h5-6,13H,4,7H2,1-3H3,(H,12,14). The van der Waals surface area contributed by atoms with Crippen molar-refractivity contribution < 1.29 is 14.6 Å². The normalized spacial score (nSPS) is 14.2. The first kappa shape index (κ1) is 13.0. The van der Waals surface area contributed by atoms with Crippen molar-refractivity contribution in [1.82, 2.24) is 5.32 Å². The Morgan fingerprint density at radius 2 is 2.38 bits per heavy atom. The van der Waals surface area contributed by atoms with E-state index in [1.807, 2.05) is 13.8 Å². The van der Waals surface area contributed by atoms with Gasteiger partial charge in [0.05, 0.1) is 24.1 Å². The Morgan fingerprint density at radius 3 is 2.81 bits per heavy atom. The van der Waals surface area contributed by atoms with Crippen molar-refractivity contribution in [1.29, 1.82) is 0 Å². The maximum atomic E-state index is 11.8. The first-order valence-corrected chi connectivity index (χ1v) is 5.98. The van der Waals surface area contributed by atoms with Gasteiger partial charge in [-0.2, -0.15) is 0 Å². The molecule has 0 spiro atoms. The Kier molecular flexibility index (Phi) is 4.32. The number of hydrogen-bond donors (Lipinski definition) is 2. The molecule has 5 heteroatoms. The third-order valence-electron chi connectivity index (χ3n) is 2.58. The van der Waals surface area contributed by atoms with Gasteiger partial charge in [0.25, 0.3) is 5.91 Å². The van der Waals surface area contributed by atoms with Crippen molar-refractivity contribution in [3.05, 3.63) is 16.3 Å². The van der Waals surface area contributed by atoms with E-state index in [0.29, 0.717) is 17.0 Å². The van der Waals surface area contributed by atoms with Gasteiger partial charge < -0.3 is 15.2 Å². The van der Waals surface area contributed by atoms with Crippen LogP contribution < -0.4 is 10.1 Å². The number of carbonyl (C=O) groups excluding carboxylic acids is 1. The van der Waals surface area contributed by atoms with Crippen LogP contribution >= 0.6 is 11.3 Å². The summed E-state index contributed by atoms with van der Waals surface area (Å²) in [5.41, 5.74) is -0.561. The number of rotatable bonds is 5. The third-order valence-corrected chi connectivity index (χ3v) is 3.49. The number of ether oxygens (including phenoxy) is 1. The van der Waals surface area contributed by atoms with Crippen LogP contribution in [-0.4, -0.2) is 30.3 Å². The average Bonchev–Trinajstić information content (AvgIpc) is 2.77. The molecule has 1 rings (SSSR count). The van der Waals surface area contributed by atoms with Crippen LogP contribution in [0.2, 0.25) is 0 Å². The van der Waals surface area contributed by atoms with Gasteiger partial charge >= 0.3 is 0 Å². The Labute approximate surface area is 99.2 Å². The van der Waals surface area contributed by atoms with E-state index in [2.05, 4.69) is 5.32 Å². The quantitative estimate of drug-likeness (QED) is 0.826. The fourth-order valence-corrected chi connectivity index (χ4v) is 1.87. The van der Waals surface area contributed by atoms with E-state index < -0.39 is 5.54 Å². The zero-order valence-corrected chi connectivity index (χ0v) is 10.6. The van der Waals surface area contributed by atoms with Crippen LogP contribution in [-0.2, 0) is 0 Å². The highest BCUT2D eigenvalue weighted by molar-refractivity contribution is 7.12. The lowest BCUT2D eigenvalue weighted by Gasteiger charge is -2.26. The second kappa shape index (κ2) is 5.32. The number of amides is 1. The summed E-state index contributed by atoms with van der Waals surface area (Å²) in [5.74, 6) is 0.504. The lowest BCUT2D eigenvalue weighted by Crippen LogP contribution is -2.48. The van der Waals surface area contributed by atoms with Crippen LogP contribution in [0.5, 0.6) is 5.75 Å². The van der Waals surface area contributed by atoms with Crippen molar-refractivity contribution in [3.8, 4) is 5.75 Å². The smallest absolute Gasteiger partial charge is 0.261 e. The van der Waals surface area contributed by atoms with Crippen molar-refractivity contribution >= 4 is 17.2 Å². The van der Waals surface area contributed by atoms with Gasteiger partial charge in [-0.05, 0) is 13.3 Å². The van der Waals surface area contributed by atoms with Crippen molar-refractivity contribution in [3.63, 3.8) is 0 Å². The monoisotopic (exact) mass is 243 g/mol. The number of hydrogen-bond acceptors (Lipinski definition) is 4. The summed E-state index contributed by atoms with van der Waals surface area (Å²) >= 11 is 1.33. The highest BCUT2D eigenvalue weighted by Gasteiger charge is 2.24. The predicted molar refractivity (Wildman–Crippen MR) is 64.1 cm³/mol. The van der Waals surface area contributed by atoms with Gasteiger partial charge in [0, 0.05) is 11.4 Å². The molecule has 0 aliphatic carbocycles. The molecule has 0 saturated carbocycles. The molecule has 1 aromatic heterocycles. The summed E-state index contributed by atoms with van der Waals surface area (Å²) in [7, 11) is 1.56. The van der Waals surface area contributed by atoms with E-state index in [1.54, 1.807) is 18.6 Å². The molecule has 0 aliphatic heterocycles. The molecule has 0 radical (unpaired) electrons. The summed E-state index contributed by atoms with van der Waals surface area (Å²) in [6.07, 6.45) is 0.678. The molecule has 0 fully saturated rings. The minimum atomic E-state index is -0.561. The van der Waals surface area contributed by atoms with Crippen molar-refractivity contribution in [2.24, 2.45) is 0 Å². The number of aliphatic hydroxyl groups excluding tert-OH is 1. The van der Waals surface area contributed by atoms with Gasteiger partial charge in [-0.15, -0.1) is 11.3 Å². The number of carbonyl (C=O) groups is 1. The minimum Gasteiger partial charge on any atom is -0.496 e. The molecule has 90 valence electrons. The second-order valence-electron chi connectivity index (χ2n) is 3.88. The average molecular weight is 243 g/mol. The molecule has 4 nitrogen and oxygen atoms in total. The van der Waals surface area contributed by atoms with Crippen LogP contribution in [0.25, 0.3) is 0 Å².